The van der Waals surface area contributed by atoms with E-state index in [1.165, 1.54) is 57.4 Å². The summed E-state index contributed by atoms with van der Waals surface area (Å²) in [7, 11) is 0. The molecular weight excluding hydrogens is 653 g/mol. The van der Waals surface area contributed by atoms with Crippen molar-refractivity contribution < 1.29 is 0 Å². The highest BCUT2D eigenvalue weighted by molar-refractivity contribution is 7.25. The third-order valence-electron chi connectivity index (χ3n) is 9.60. The zero-order valence-electron chi connectivity index (χ0n) is 26.6. The standard InChI is InChI=1S/C42H26N6S2/c1-3-7-31(41-45-21-43-22-46-41)29(5-1)27-11-15-39-35(19-27)33-17-25(9-13-37(33)49-39)26-10-14-38-34(18-26)36-20-28(12-16-40(36)50-38)30-6-2-4-8-32(30)42-47-23-44-24-48-42/h1-19,21-24,28H,20H2. The fraction of sp³-hybridized carbons (Fsp3) is 0.0476. The lowest BCUT2D eigenvalue weighted by Crippen LogP contribution is -2.06. The van der Waals surface area contributed by atoms with Gasteiger partial charge in [0, 0.05) is 46.8 Å². The minimum absolute atomic E-state index is 0.231. The molecule has 236 valence electrons. The summed E-state index contributed by atoms with van der Waals surface area (Å²) in [4.78, 5) is 27.2. The molecule has 4 heterocycles. The van der Waals surface area contributed by atoms with E-state index >= 15 is 0 Å². The molecule has 4 aromatic heterocycles. The van der Waals surface area contributed by atoms with Gasteiger partial charge in [0.25, 0.3) is 0 Å². The molecule has 6 nitrogen and oxygen atoms in total. The summed E-state index contributed by atoms with van der Waals surface area (Å²) in [6.45, 7) is 0. The second-order valence-corrected chi connectivity index (χ2v) is 14.6. The van der Waals surface area contributed by atoms with Gasteiger partial charge in [-0.3, -0.25) is 0 Å². The van der Waals surface area contributed by atoms with Crippen molar-refractivity contribution in [2.45, 2.75) is 12.3 Å². The van der Waals surface area contributed by atoms with Gasteiger partial charge in [0.05, 0.1) is 0 Å². The molecule has 9 aromatic rings. The van der Waals surface area contributed by atoms with Crippen LogP contribution in [0.4, 0.5) is 0 Å². The van der Waals surface area contributed by atoms with Crippen molar-refractivity contribution in [1.82, 2.24) is 29.9 Å². The summed E-state index contributed by atoms with van der Waals surface area (Å²) in [5.74, 6) is 1.62. The van der Waals surface area contributed by atoms with Crippen molar-refractivity contribution in [3.05, 3.63) is 151 Å². The highest BCUT2D eigenvalue weighted by Gasteiger charge is 2.23. The summed E-state index contributed by atoms with van der Waals surface area (Å²) in [5, 5.41) is 3.86. The summed E-state index contributed by atoms with van der Waals surface area (Å²) < 4.78 is 3.87. The Bertz CT molecular complexity index is 2750. The highest BCUT2D eigenvalue weighted by atomic mass is 32.1. The Morgan fingerprint density at radius 2 is 1.04 bits per heavy atom. The van der Waals surface area contributed by atoms with Crippen LogP contribution in [0, 0.1) is 0 Å². The molecule has 0 amide bonds. The fourth-order valence-corrected chi connectivity index (χ4v) is 9.43. The van der Waals surface area contributed by atoms with Crippen LogP contribution in [0.15, 0.2) is 135 Å². The molecule has 1 atom stereocenters. The maximum atomic E-state index is 4.46. The van der Waals surface area contributed by atoms with Crippen LogP contribution in [-0.4, -0.2) is 29.9 Å². The Kier molecular flexibility index (Phi) is 6.89. The topological polar surface area (TPSA) is 77.3 Å². The molecule has 1 aliphatic carbocycles. The van der Waals surface area contributed by atoms with Gasteiger partial charge in [-0.1, -0.05) is 72.8 Å². The van der Waals surface area contributed by atoms with Crippen molar-refractivity contribution >= 4 is 59.0 Å². The molecule has 0 fully saturated rings. The van der Waals surface area contributed by atoms with Gasteiger partial charge in [0.1, 0.15) is 25.3 Å². The van der Waals surface area contributed by atoms with E-state index in [1.807, 2.05) is 28.7 Å². The second-order valence-electron chi connectivity index (χ2n) is 12.4. The van der Waals surface area contributed by atoms with Crippen LogP contribution in [0.3, 0.4) is 0 Å². The minimum atomic E-state index is 0.231. The summed E-state index contributed by atoms with van der Waals surface area (Å²) >= 11 is 3.71. The summed E-state index contributed by atoms with van der Waals surface area (Å²) in [6, 6.07) is 37.4. The number of hydrogen-bond acceptors (Lipinski definition) is 8. The fourth-order valence-electron chi connectivity index (χ4n) is 7.23. The molecule has 10 rings (SSSR count). The van der Waals surface area contributed by atoms with E-state index in [-0.39, 0.29) is 5.92 Å². The Morgan fingerprint density at radius 3 is 1.74 bits per heavy atom. The zero-order chi connectivity index (χ0) is 33.0. The largest absolute Gasteiger partial charge is 0.225 e. The van der Waals surface area contributed by atoms with Crippen LogP contribution in [-0.2, 0) is 6.42 Å². The van der Waals surface area contributed by atoms with Gasteiger partial charge in [0.2, 0.25) is 0 Å². The predicted octanol–water partition coefficient (Wildman–Crippen LogP) is 10.7. The van der Waals surface area contributed by atoms with E-state index in [4.69, 9.17) is 0 Å². The first-order valence-corrected chi connectivity index (χ1v) is 18.0. The number of aromatic nitrogens is 6. The lowest BCUT2D eigenvalue weighted by molar-refractivity contribution is 0.836. The molecule has 0 aliphatic heterocycles. The SMILES string of the molecule is C1=CC(c2ccccc2-c2ncncn2)Cc2c1sc1ccc(-c3ccc4sc5ccc(-c6ccccc6-c6ncncn6)cc5c4c3)cc21. The van der Waals surface area contributed by atoms with Crippen LogP contribution in [0.5, 0.6) is 0 Å². The number of allylic oxidation sites excluding steroid dienone is 1. The van der Waals surface area contributed by atoms with Crippen molar-refractivity contribution in [1.29, 1.82) is 0 Å². The number of benzene rings is 5. The number of rotatable bonds is 5. The normalized spacial score (nSPS) is 14.0. The number of nitrogens with zero attached hydrogens (tertiary/aromatic N) is 6. The first kappa shape index (κ1) is 29.0. The highest BCUT2D eigenvalue weighted by Crippen LogP contribution is 2.44. The van der Waals surface area contributed by atoms with E-state index in [1.54, 1.807) is 25.3 Å². The maximum Gasteiger partial charge on any atom is 0.163 e. The molecule has 0 bridgehead atoms. The molecule has 0 N–H and O–H groups in total. The average Bonchev–Trinajstić information content (AvgIpc) is 3.75. The molecule has 50 heavy (non-hydrogen) atoms. The maximum absolute atomic E-state index is 4.46. The van der Waals surface area contributed by atoms with E-state index in [0.717, 1.165) is 28.7 Å². The predicted molar refractivity (Wildman–Crippen MR) is 205 cm³/mol. The first-order valence-electron chi connectivity index (χ1n) is 16.4. The van der Waals surface area contributed by atoms with Crippen LogP contribution in [0.25, 0.3) is 81.4 Å². The molecule has 1 unspecified atom stereocenters. The summed E-state index contributed by atoms with van der Waals surface area (Å²) in [5.41, 5.74) is 9.40. The van der Waals surface area contributed by atoms with Crippen molar-refractivity contribution in [3.63, 3.8) is 0 Å². The Labute approximate surface area is 295 Å². The molecule has 0 saturated heterocycles. The van der Waals surface area contributed by atoms with E-state index in [2.05, 4.69) is 139 Å². The Morgan fingerprint density at radius 1 is 0.500 bits per heavy atom. The molecule has 1 aliphatic rings. The lowest BCUT2D eigenvalue weighted by Gasteiger charge is -2.20. The van der Waals surface area contributed by atoms with Crippen molar-refractivity contribution in [3.8, 4) is 45.0 Å². The van der Waals surface area contributed by atoms with Crippen molar-refractivity contribution in [2.24, 2.45) is 0 Å². The monoisotopic (exact) mass is 678 g/mol. The van der Waals surface area contributed by atoms with Gasteiger partial charge >= 0.3 is 0 Å². The number of thiophene rings is 2. The minimum Gasteiger partial charge on any atom is -0.225 e. The molecule has 0 radical (unpaired) electrons. The Hall–Kier alpha value is -5.96. The van der Waals surface area contributed by atoms with Crippen LogP contribution < -0.4 is 0 Å². The van der Waals surface area contributed by atoms with Gasteiger partial charge in [-0.25, -0.2) is 29.9 Å². The first-order chi connectivity index (χ1) is 24.8. The van der Waals surface area contributed by atoms with Gasteiger partial charge in [-0.05, 0) is 87.7 Å². The van der Waals surface area contributed by atoms with Gasteiger partial charge in [0.15, 0.2) is 11.6 Å². The van der Waals surface area contributed by atoms with Crippen LogP contribution in [0.2, 0.25) is 0 Å². The molecular formula is C42H26N6S2. The quantitative estimate of drug-likeness (QED) is 0.180. The third-order valence-corrected chi connectivity index (χ3v) is 11.9. The molecule has 8 heteroatoms. The lowest BCUT2D eigenvalue weighted by atomic mass is 9.84. The smallest absolute Gasteiger partial charge is 0.163 e. The van der Waals surface area contributed by atoms with Gasteiger partial charge in [-0.2, -0.15) is 0 Å². The van der Waals surface area contributed by atoms with Crippen LogP contribution in [0.1, 0.15) is 21.9 Å². The van der Waals surface area contributed by atoms with Gasteiger partial charge < -0.3 is 0 Å². The zero-order valence-corrected chi connectivity index (χ0v) is 28.2. The van der Waals surface area contributed by atoms with E-state index < -0.39 is 0 Å². The molecule has 0 saturated carbocycles. The number of fused-ring (bicyclic) bond motifs is 6. The average molecular weight is 679 g/mol. The van der Waals surface area contributed by atoms with Crippen LogP contribution >= 0.6 is 22.7 Å². The van der Waals surface area contributed by atoms with Gasteiger partial charge in [-0.15, -0.1) is 22.7 Å². The van der Waals surface area contributed by atoms with E-state index in [9.17, 15) is 0 Å². The number of hydrogen-bond donors (Lipinski definition) is 0. The molecule has 0 spiro atoms. The Balaban J connectivity index is 1.03. The van der Waals surface area contributed by atoms with Crippen molar-refractivity contribution in [2.75, 3.05) is 0 Å². The van der Waals surface area contributed by atoms with E-state index in [0.29, 0.717) is 11.6 Å². The third kappa shape index (κ3) is 4.91. The summed E-state index contributed by atoms with van der Waals surface area (Å²) in [6.07, 6.45) is 11.8. The second kappa shape index (κ2) is 11.9. The molecule has 5 aromatic carbocycles.